The summed E-state index contributed by atoms with van der Waals surface area (Å²) in [4.78, 5) is 39.2. The number of benzene rings is 2. The average Bonchev–Trinajstić information content (AvgIpc) is 2.80. The first kappa shape index (κ1) is 26.2. The molecule has 0 unspecified atom stereocenters. The molecule has 3 rings (SSSR count). The molecule has 0 spiro atoms. The van der Waals surface area contributed by atoms with E-state index in [1.54, 1.807) is 20.8 Å². The van der Waals surface area contributed by atoms with Gasteiger partial charge < -0.3 is 25.6 Å². The minimum atomic E-state index is -1.43. The smallest absolute Gasteiger partial charge is 0.412 e. The number of hydrogen-bond donors (Lipinski definition) is 3. The van der Waals surface area contributed by atoms with Crippen molar-refractivity contribution in [2.45, 2.75) is 57.7 Å². The molecule has 2 aromatic rings. The number of ether oxygens (including phenoxy) is 2. The van der Waals surface area contributed by atoms with Crippen molar-refractivity contribution in [3.63, 3.8) is 0 Å². The van der Waals surface area contributed by atoms with Crippen LogP contribution in [0, 0.1) is 5.92 Å². The highest BCUT2D eigenvalue weighted by molar-refractivity contribution is 5.78. The van der Waals surface area contributed by atoms with Crippen LogP contribution in [0.5, 0.6) is 0 Å². The molecule has 0 radical (unpaired) electrons. The number of aliphatic hydroxyl groups excluding tert-OH is 1. The zero-order valence-electron chi connectivity index (χ0n) is 20.4. The summed E-state index contributed by atoms with van der Waals surface area (Å²) >= 11 is 0. The number of aliphatic hydroxyl groups is 1. The lowest BCUT2D eigenvalue weighted by atomic mass is 9.88. The standard InChI is InChI=1S/C26H33N3O6/c1-16(30)28-23-21(31)20(27)19(15-29(23)25(33)35-26(2,3)4)24(32)34-22(17-11-7-5-8-12-17)18-13-9-6-10-14-18/h5-14,19-23,31H,15,27H2,1-4H3,(H,28,30)/t19-,20+,21+,23+/m1/s1. The second kappa shape index (κ2) is 10.9. The van der Waals surface area contributed by atoms with E-state index in [2.05, 4.69) is 5.32 Å². The Morgan fingerprint density at radius 2 is 1.54 bits per heavy atom. The summed E-state index contributed by atoms with van der Waals surface area (Å²) in [5.41, 5.74) is 6.94. The predicted molar refractivity (Wildman–Crippen MR) is 129 cm³/mol. The van der Waals surface area contributed by atoms with Crippen molar-refractivity contribution in [2.75, 3.05) is 6.54 Å². The largest absolute Gasteiger partial charge is 0.452 e. The lowest BCUT2D eigenvalue weighted by Crippen LogP contribution is -2.69. The molecule has 1 aliphatic rings. The predicted octanol–water partition coefficient (Wildman–Crippen LogP) is 2.34. The topological polar surface area (TPSA) is 131 Å². The highest BCUT2D eigenvalue weighted by Crippen LogP contribution is 2.30. The fraction of sp³-hybridized carbons (Fsp3) is 0.423. The van der Waals surface area contributed by atoms with Gasteiger partial charge in [0.1, 0.15) is 17.9 Å². The van der Waals surface area contributed by atoms with Gasteiger partial charge in [-0.05, 0) is 31.9 Å². The zero-order chi connectivity index (χ0) is 25.8. The second-order valence-electron chi connectivity index (χ2n) is 9.59. The maximum atomic E-state index is 13.4. The molecule has 1 fully saturated rings. The van der Waals surface area contributed by atoms with Crippen molar-refractivity contribution in [3.05, 3.63) is 71.8 Å². The molecule has 1 heterocycles. The molecule has 35 heavy (non-hydrogen) atoms. The quantitative estimate of drug-likeness (QED) is 0.556. The van der Waals surface area contributed by atoms with E-state index in [1.807, 2.05) is 60.7 Å². The van der Waals surface area contributed by atoms with Gasteiger partial charge in [0, 0.05) is 19.5 Å². The number of likely N-dealkylation sites (tertiary alicyclic amines) is 1. The van der Waals surface area contributed by atoms with Gasteiger partial charge in [-0.3, -0.25) is 14.5 Å². The van der Waals surface area contributed by atoms with Crippen LogP contribution in [-0.2, 0) is 19.1 Å². The van der Waals surface area contributed by atoms with E-state index in [4.69, 9.17) is 15.2 Å². The SMILES string of the molecule is CC(=O)N[C@@H]1[C@@H](O)[C@@H](N)[C@H](C(=O)OC(c2ccccc2)c2ccccc2)CN1C(=O)OC(C)(C)C. The molecule has 4 atom stereocenters. The van der Waals surface area contributed by atoms with Gasteiger partial charge >= 0.3 is 12.1 Å². The van der Waals surface area contributed by atoms with Gasteiger partial charge in [-0.1, -0.05) is 60.7 Å². The number of carbonyl (C=O) groups excluding carboxylic acids is 3. The number of carbonyl (C=O) groups is 3. The Morgan fingerprint density at radius 3 is 2.00 bits per heavy atom. The summed E-state index contributed by atoms with van der Waals surface area (Å²) < 4.78 is 11.4. The first-order valence-corrected chi connectivity index (χ1v) is 11.5. The zero-order valence-corrected chi connectivity index (χ0v) is 20.4. The van der Waals surface area contributed by atoms with Crippen LogP contribution >= 0.6 is 0 Å². The van der Waals surface area contributed by atoms with Crippen molar-refractivity contribution >= 4 is 18.0 Å². The minimum absolute atomic E-state index is 0.201. The molecule has 9 heteroatoms. The van der Waals surface area contributed by atoms with Crippen LogP contribution in [0.2, 0.25) is 0 Å². The third-order valence-corrected chi connectivity index (χ3v) is 5.63. The normalized spacial score (nSPS) is 22.4. The molecule has 2 aromatic carbocycles. The summed E-state index contributed by atoms with van der Waals surface area (Å²) in [6.45, 7) is 6.14. The maximum absolute atomic E-state index is 13.4. The Labute approximate surface area is 205 Å². The second-order valence-corrected chi connectivity index (χ2v) is 9.59. The number of amides is 2. The number of nitrogens with one attached hydrogen (secondary N) is 1. The Kier molecular flexibility index (Phi) is 8.14. The average molecular weight is 484 g/mol. The van der Waals surface area contributed by atoms with E-state index >= 15 is 0 Å². The van der Waals surface area contributed by atoms with Crippen molar-refractivity contribution in [3.8, 4) is 0 Å². The van der Waals surface area contributed by atoms with Crippen molar-refractivity contribution in [1.29, 1.82) is 0 Å². The summed E-state index contributed by atoms with van der Waals surface area (Å²) in [5.74, 6) is -2.20. The lowest BCUT2D eigenvalue weighted by molar-refractivity contribution is -0.159. The first-order valence-electron chi connectivity index (χ1n) is 11.5. The van der Waals surface area contributed by atoms with Crippen LogP contribution in [0.1, 0.15) is 44.9 Å². The molecule has 1 aliphatic heterocycles. The van der Waals surface area contributed by atoms with Gasteiger partial charge in [-0.25, -0.2) is 4.79 Å². The molecule has 2 amide bonds. The van der Waals surface area contributed by atoms with Gasteiger partial charge in [0.2, 0.25) is 5.91 Å². The van der Waals surface area contributed by atoms with Crippen LogP contribution in [0.25, 0.3) is 0 Å². The van der Waals surface area contributed by atoms with Crippen molar-refractivity contribution in [1.82, 2.24) is 10.2 Å². The van der Waals surface area contributed by atoms with Crippen LogP contribution in [0.4, 0.5) is 4.79 Å². The molecular weight excluding hydrogens is 450 g/mol. The third-order valence-electron chi connectivity index (χ3n) is 5.63. The molecule has 0 aromatic heterocycles. The monoisotopic (exact) mass is 483 g/mol. The number of hydrogen-bond acceptors (Lipinski definition) is 7. The van der Waals surface area contributed by atoms with Gasteiger partial charge in [0.25, 0.3) is 0 Å². The summed E-state index contributed by atoms with van der Waals surface area (Å²) in [5, 5.41) is 13.4. The molecular formula is C26H33N3O6. The summed E-state index contributed by atoms with van der Waals surface area (Å²) in [6.07, 6.45) is -4.08. The first-order chi connectivity index (χ1) is 16.5. The van der Waals surface area contributed by atoms with E-state index in [0.29, 0.717) is 0 Å². The molecule has 1 saturated heterocycles. The van der Waals surface area contributed by atoms with E-state index in [0.717, 1.165) is 16.0 Å². The van der Waals surface area contributed by atoms with E-state index in [9.17, 15) is 19.5 Å². The van der Waals surface area contributed by atoms with E-state index in [-0.39, 0.29) is 6.54 Å². The number of piperidine rings is 1. The lowest BCUT2D eigenvalue weighted by Gasteiger charge is -2.45. The summed E-state index contributed by atoms with van der Waals surface area (Å²) in [6, 6.07) is 17.4. The Bertz CT molecular complexity index is 985. The number of rotatable bonds is 5. The number of esters is 1. The van der Waals surface area contributed by atoms with Crippen LogP contribution in [0.15, 0.2) is 60.7 Å². The van der Waals surface area contributed by atoms with Gasteiger partial charge in [0.05, 0.1) is 5.92 Å². The van der Waals surface area contributed by atoms with Crippen molar-refractivity contribution in [2.24, 2.45) is 11.7 Å². The highest BCUT2D eigenvalue weighted by Gasteiger charge is 2.48. The van der Waals surface area contributed by atoms with Crippen molar-refractivity contribution < 1.29 is 29.0 Å². The van der Waals surface area contributed by atoms with Crippen LogP contribution < -0.4 is 11.1 Å². The maximum Gasteiger partial charge on any atom is 0.412 e. The van der Waals surface area contributed by atoms with Gasteiger partial charge in [-0.15, -0.1) is 0 Å². The molecule has 9 nitrogen and oxygen atoms in total. The minimum Gasteiger partial charge on any atom is -0.452 e. The van der Waals surface area contributed by atoms with Gasteiger partial charge in [0.15, 0.2) is 6.10 Å². The number of nitrogens with zero attached hydrogens (tertiary/aromatic N) is 1. The fourth-order valence-electron chi connectivity index (χ4n) is 3.98. The molecule has 4 N–H and O–H groups in total. The molecule has 0 bridgehead atoms. The van der Waals surface area contributed by atoms with Crippen LogP contribution in [0.3, 0.4) is 0 Å². The van der Waals surface area contributed by atoms with E-state index < -0.39 is 53.9 Å². The van der Waals surface area contributed by atoms with Crippen LogP contribution in [-0.4, -0.2) is 58.4 Å². The Morgan fingerprint density at radius 1 is 1.03 bits per heavy atom. The van der Waals surface area contributed by atoms with E-state index in [1.165, 1.54) is 6.92 Å². The highest BCUT2D eigenvalue weighted by atomic mass is 16.6. The third kappa shape index (κ3) is 6.58. The van der Waals surface area contributed by atoms with Gasteiger partial charge in [-0.2, -0.15) is 0 Å². The molecule has 188 valence electrons. The fourth-order valence-corrected chi connectivity index (χ4v) is 3.98. The summed E-state index contributed by atoms with van der Waals surface area (Å²) in [7, 11) is 0. The number of nitrogens with two attached hydrogens (primary N) is 1. The molecule has 0 saturated carbocycles. The Balaban J connectivity index is 1.89. The Hall–Kier alpha value is -3.43. The molecule has 0 aliphatic carbocycles.